The molecule has 1 aliphatic rings. The summed E-state index contributed by atoms with van der Waals surface area (Å²) in [5.74, 6) is -0.468. The van der Waals surface area contributed by atoms with Crippen LogP contribution in [0, 0.1) is 11.6 Å². The van der Waals surface area contributed by atoms with Crippen molar-refractivity contribution in [3.05, 3.63) is 58.4 Å². The second kappa shape index (κ2) is 7.04. The lowest BCUT2D eigenvalue weighted by atomic mass is 10.1. The molecule has 0 saturated heterocycles. The van der Waals surface area contributed by atoms with Crippen molar-refractivity contribution < 1.29 is 8.78 Å². The van der Waals surface area contributed by atoms with Gasteiger partial charge in [-0.2, -0.15) is 0 Å². The maximum Gasteiger partial charge on any atom is 0.193 e. The van der Waals surface area contributed by atoms with Crippen LogP contribution in [-0.4, -0.2) is 35.6 Å². The highest BCUT2D eigenvalue weighted by Gasteiger charge is 2.42. The fraction of sp³-hybridized carbons (Fsp3) is 0.389. The molecule has 3 rings (SSSR count). The van der Waals surface area contributed by atoms with Gasteiger partial charge in [-0.15, -0.1) is 0 Å². The molecule has 0 bridgehead atoms. The van der Waals surface area contributed by atoms with Crippen molar-refractivity contribution in [1.29, 1.82) is 0 Å². The molecule has 134 valence electrons. The van der Waals surface area contributed by atoms with Gasteiger partial charge in [0, 0.05) is 50.6 Å². The summed E-state index contributed by atoms with van der Waals surface area (Å²) < 4.78 is 29.8. The van der Waals surface area contributed by atoms with E-state index < -0.39 is 11.6 Å². The third-order valence-electron chi connectivity index (χ3n) is 4.52. The Morgan fingerprint density at radius 1 is 1.40 bits per heavy atom. The molecule has 1 saturated carbocycles. The smallest absolute Gasteiger partial charge is 0.193 e. The van der Waals surface area contributed by atoms with Crippen LogP contribution >= 0.6 is 11.6 Å². The molecule has 4 nitrogen and oxygen atoms in total. The lowest BCUT2D eigenvalue weighted by Crippen LogP contribution is -2.40. The highest BCUT2D eigenvalue weighted by molar-refractivity contribution is 6.30. The standard InChI is InChI=1S/C18H21ClF2N4/c1-22-18(25(3)10-12-7-11(19)9-24(12)2)23-16-8-13(16)17-14(20)5-4-6-15(17)21/h4-7,9,13,16H,8,10H2,1-3H3,(H,22,23). The largest absolute Gasteiger partial charge is 0.353 e. The fourth-order valence-electron chi connectivity index (χ4n) is 3.09. The predicted molar refractivity (Wildman–Crippen MR) is 95.9 cm³/mol. The lowest BCUT2D eigenvalue weighted by Gasteiger charge is -2.22. The number of nitrogens with zero attached hydrogens (tertiary/aromatic N) is 3. The Bertz CT molecular complexity index is 782. The SMILES string of the molecule is CN=C(NC1CC1c1c(F)cccc1F)N(C)Cc1cc(Cl)cn1C. The van der Waals surface area contributed by atoms with Crippen molar-refractivity contribution in [2.45, 2.75) is 24.9 Å². The normalized spacial score (nSPS) is 19.8. The number of aliphatic imine (C=N–C) groups is 1. The van der Waals surface area contributed by atoms with Crippen LogP contribution in [0.25, 0.3) is 0 Å². The summed E-state index contributed by atoms with van der Waals surface area (Å²) in [7, 11) is 5.54. The van der Waals surface area contributed by atoms with Crippen LogP contribution in [-0.2, 0) is 13.6 Å². The minimum Gasteiger partial charge on any atom is -0.353 e. The maximum atomic E-state index is 13.9. The Balaban J connectivity index is 1.65. The van der Waals surface area contributed by atoms with Crippen molar-refractivity contribution >= 4 is 17.6 Å². The van der Waals surface area contributed by atoms with Crippen LogP contribution in [0.5, 0.6) is 0 Å². The van der Waals surface area contributed by atoms with Gasteiger partial charge in [-0.05, 0) is 24.6 Å². The summed E-state index contributed by atoms with van der Waals surface area (Å²) >= 11 is 6.02. The average Bonchev–Trinajstić information content (AvgIpc) is 3.22. The number of guanidine groups is 1. The van der Waals surface area contributed by atoms with E-state index in [2.05, 4.69) is 10.3 Å². The molecule has 1 heterocycles. The van der Waals surface area contributed by atoms with E-state index in [-0.39, 0.29) is 17.5 Å². The summed E-state index contributed by atoms with van der Waals surface area (Å²) in [4.78, 5) is 6.23. The topological polar surface area (TPSA) is 32.6 Å². The summed E-state index contributed by atoms with van der Waals surface area (Å²) in [6.07, 6.45) is 2.53. The zero-order chi connectivity index (χ0) is 18.1. The maximum absolute atomic E-state index is 13.9. The average molecular weight is 367 g/mol. The number of hydrogen-bond acceptors (Lipinski definition) is 1. The van der Waals surface area contributed by atoms with E-state index in [9.17, 15) is 8.78 Å². The van der Waals surface area contributed by atoms with E-state index in [1.807, 2.05) is 35.8 Å². The van der Waals surface area contributed by atoms with Gasteiger partial charge >= 0.3 is 0 Å². The van der Waals surface area contributed by atoms with Gasteiger partial charge in [0.25, 0.3) is 0 Å². The van der Waals surface area contributed by atoms with Crippen molar-refractivity contribution in [3.8, 4) is 0 Å². The Morgan fingerprint density at radius 3 is 2.64 bits per heavy atom. The number of aromatic nitrogens is 1. The van der Waals surface area contributed by atoms with E-state index in [4.69, 9.17) is 11.6 Å². The predicted octanol–water partition coefficient (Wildman–Crippen LogP) is 3.52. The quantitative estimate of drug-likeness (QED) is 0.663. The molecule has 1 aliphatic carbocycles. The van der Waals surface area contributed by atoms with Crippen LogP contribution in [0.15, 0.2) is 35.5 Å². The number of rotatable bonds is 4. The molecule has 1 aromatic heterocycles. The first-order valence-corrected chi connectivity index (χ1v) is 8.47. The van der Waals surface area contributed by atoms with Gasteiger partial charge in [-0.1, -0.05) is 17.7 Å². The fourth-order valence-corrected chi connectivity index (χ4v) is 3.36. The molecule has 0 spiro atoms. The highest BCUT2D eigenvalue weighted by atomic mass is 35.5. The third kappa shape index (κ3) is 3.79. The minimum absolute atomic E-state index is 0.0236. The van der Waals surface area contributed by atoms with Crippen LogP contribution in [0.1, 0.15) is 23.6 Å². The van der Waals surface area contributed by atoms with Gasteiger partial charge in [0.05, 0.1) is 11.6 Å². The zero-order valence-electron chi connectivity index (χ0n) is 14.4. The molecular weight excluding hydrogens is 346 g/mol. The van der Waals surface area contributed by atoms with E-state index in [0.717, 1.165) is 5.69 Å². The van der Waals surface area contributed by atoms with E-state index in [1.54, 1.807) is 7.05 Å². The van der Waals surface area contributed by atoms with Crippen LogP contribution < -0.4 is 5.32 Å². The van der Waals surface area contributed by atoms with Gasteiger partial charge in [-0.3, -0.25) is 4.99 Å². The number of hydrogen-bond donors (Lipinski definition) is 1. The van der Waals surface area contributed by atoms with Crippen LogP contribution in [0.3, 0.4) is 0 Å². The molecule has 0 aliphatic heterocycles. The van der Waals surface area contributed by atoms with Crippen LogP contribution in [0.4, 0.5) is 8.78 Å². The summed E-state index contributed by atoms with van der Waals surface area (Å²) in [6.45, 7) is 0.619. The first-order valence-electron chi connectivity index (χ1n) is 8.09. The number of aryl methyl sites for hydroxylation is 1. The highest BCUT2D eigenvalue weighted by Crippen LogP contribution is 2.43. The van der Waals surface area contributed by atoms with Crippen molar-refractivity contribution in [3.63, 3.8) is 0 Å². The van der Waals surface area contributed by atoms with Gasteiger partial charge in [0.15, 0.2) is 5.96 Å². The number of benzene rings is 1. The summed E-state index contributed by atoms with van der Waals surface area (Å²) in [6, 6.07) is 5.86. The number of halogens is 3. The van der Waals surface area contributed by atoms with Gasteiger partial charge in [0.1, 0.15) is 11.6 Å². The van der Waals surface area contributed by atoms with Gasteiger partial charge in [0.2, 0.25) is 0 Å². The molecule has 1 N–H and O–H groups in total. The molecule has 2 unspecified atom stereocenters. The first-order chi connectivity index (χ1) is 11.9. The molecule has 1 fully saturated rings. The van der Waals surface area contributed by atoms with Gasteiger partial charge in [-0.25, -0.2) is 8.78 Å². The Morgan fingerprint density at radius 2 is 2.08 bits per heavy atom. The molecule has 2 atom stereocenters. The van der Waals surface area contributed by atoms with Gasteiger partial charge < -0.3 is 14.8 Å². The Labute approximate surface area is 151 Å². The van der Waals surface area contributed by atoms with E-state index in [1.165, 1.54) is 18.2 Å². The second-order valence-electron chi connectivity index (χ2n) is 6.39. The zero-order valence-corrected chi connectivity index (χ0v) is 15.2. The minimum atomic E-state index is -0.490. The number of nitrogens with one attached hydrogen (secondary N) is 1. The molecule has 1 aromatic carbocycles. The molecule has 2 aromatic rings. The van der Waals surface area contributed by atoms with Crippen molar-refractivity contribution in [2.75, 3.05) is 14.1 Å². The third-order valence-corrected chi connectivity index (χ3v) is 4.73. The summed E-state index contributed by atoms with van der Waals surface area (Å²) in [5.41, 5.74) is 1.20. The van der Waals surface area contributed by atoms with E-state index in [0.29, 0.717) is 23.9 Å². The first kappa shape index (κ1) is 17.7. The Kier molecular flexibility index (Phi) is 4.99. The van der Waals surface area contributed by atoms with E-state index >= 15 is 0 Å². The molecule has 0 radical (unpaired) electrons. The van der Waals surface area contributed by atoms with Crippen molar-refractivity contribution in [2.24, 2.45) is 12.0 Å². The van der Waals surface area contributed by atoms with Crippen LogP contribution in [0.2, 0.25) is 5.02 Å². The second-order valence-corrected chi connectivity index (χ2v) is 6.83. The van der Waals surface area contributed by atoms with Crippen molar-refractivity contribution in [1.82, 2.24) is 14.8 Å². The molecule has 7 heteroatoms. The Hall–Kier alpha value is -2.08. The molecule has 25 heavy (non-hydrogen) atoms. The monoisotopic (exact) mass is 366 g/mol. The molecular formula is C18H21ClF2N4. The summed E-state index contributed by atoms with van der Waals surface area (Å²) in [5, 5.41) is 3.98. The lowest BCUT2D eigenvalue weighted by molar-refractivity contribution is 0.460. The molecule has 0 amide bonds.